The van der Waals surface area contributed by atoms with Gasteiger partial charge in [0.25, 0.3) is 0 Å². The number of benzene rings is 1. The molecule has 2 aliphatic rings. The number of aliphatic carboxylic acids is 1. The average molecular weight is 430 g/mol. The van der Waals surface area contributed by atoms with Crippen molar-refractivity contribution in [2.45, 2.75) is 45.2 Å². The molecule has 0 aromatic heterocycles. The number of nitrogens with one attached hydrogen (secondary N) is 1. The van der Waals surface area contributed by atoms with Crippen LogP contribution in [0.1, 0.15) is 38.7 Å². The molecule has 1 aromatic carbocycles. The Balaban J connectivity index is 1.60. The molecule has 168 valence electrons. The summed E-state index contributed by atoms with van der Waals surface area (Å²) in [5.74, 6) is -4.17. The molecular formula is C23H31N3O5. The van der Waals surface area contributed by atoms with Crippen LogP contribution in [0.5, 0.6) is 0 Å². The first-order valence-corrected chi connectivity index (χ1v) is 10.8. The molecule has 0 aliphatic carbocycles. The number of hydrogen-bond acceptors (Lipinski definition) is 5. The van der Waals surface area contributed by atoms with Crippen LogP contribution in [0.3, 0.4) is 0 Å². The molecule has 8 heteroatoms. The minimum Gasteiger partial charge on any atom is -0.480 e. The van der Waals surface area contributed by atoms with Gasteiger partial charge in [0.2, 0.25) is 11.8 Å². The van der Waals surface area contributed by atoms with Crippen molar-refractivity contribution in [1.82, 2.24) is 15.1 Å². The fourth-order valence-corrected chi connectivity index (χ4v) is 4.50. The van der Waals surface area contributed by atoms with E-state index < -0.39 is 41.6 Å². The van der Waals surface area contributed by atoms with Crippen LogP contribution >= 0.6 is 0 Å². The molecule has 1 aromatic rings. The highest BCUT2D eigenvalue weighted by Crippen LogP contribution is 2.32. The number of carboxylic acid groups (broad SMARTS) is 1. The van der Waals surface area contributed by atoms with Crippen LogP contribution in [0, 0.1) is 11.8 Å². The lowest BCUT2D eigenvalue weighted by molar-refractivity contribution is -0.159. The predicted molar refractivity (Wildman–Crippen MR) is 114 cm³/mol. The van der Waals surface area contributed by atoms with Gasteiger partial charge in [0, 0.05) is 25.0 Å². The summed E-state index contributed by atoms with van der Waals surface area (Å²) in [6.45, 7) is 6.35. The Bertz CT molecular complexity index is 831. The maximum Gasteiger partial charge on any atom is 0.322 e. The first-order valence-electron chi connectivity index (χ1n) is 10.8. The molecule has 2 fully saturated rings. The molecule has 8 nitrogen and oxygen atoms in total. The first-order chi connectivity index (χ1) is 14.7. The van der Waals surface area contributed by atoms with Gasteiger partial charge in [0.05, 0.1) is 0 Å². The minimum absolute atomic E-state index is 0.0801. The molecule has 1 unspecified atom stereocenters. The van der Waals surface area contributed by atoms with Crippen molar-refractivity contribution in [3.8, 4) is 0 Å². The molecule has 2 N–H and O–H groups in total. The summed E-state index contributed by atoms with van der Waals surface area (Å²) in [5.41, 5.74) is 0.612. The number of likely N-dealkylation sites (tertiary alicyclic amines) is 2. The maximum absolute atomic E-state index is 13.1. The molecule has 2 saturated heterocycles. The molecule has 0 radical (unpaired) electrons. The van der Waals surface area contributed by atoms with Gasteiger partial charge in [-0.15, -0.1) is 0 Å². The summed E-state index contributed by atoms with van der Waals surface area (Å²) in [4.78, 5) is 52.7. The van der Waals surface area contributed by atoms with E-state index in [0.29, 0.717) is 12.5 Å². The SMILES string of the molecule is CC1(C)CC(=O)C(C(=O)NCC(=O)O)C(=O)N1CC1CCN(Cc2ccccc2)CC1. The van der Waals surface area contributed by atoms with Gasteiger partial charge in [-0.1, -0.05) is 30.3 Å². The fraction of sp³-hybridized carbons (Fsp3) is 0.565. The molecular weight excluding hydrogens is 398 g/mol. The Morgan fingerprint density at radius 3 is 2.39 bits per heavy atom. The number of hydrogen-bond donors (Lipinski definition) is 2. The van der Waals surface area contributed by atoms with Gasteiger partial charge < -0.3 is 15.3 Å². The summed E-state index contributed by atoms with van der Waals surface area (Å²) in [6.07, 6.45) is 1.96. The summed E-state index contributed by atoms with van der Waals surface area (Å²) in [5, 5.41) is 10.9. The lowest BCUT2D eigenvalue weighted by Gasteiger charge is -2.46. The second-order valence-corrected chi connectivity index (χ2v) is 9.15. The second kappa shape index (κ2) is 9.60. The largest absolute Gasteiger partial charge is 0.480 e. The zero-order chi connectivity index (χ0) is 22.6. The van der Waals surface area contributed by atoms with Crippen LogP contribution in [0.4, 0.5) is 0 Å². The number of carbonyl (C=O) groups excluding carboxylic acids is 3. The van der Waals surface area contributed by atoms with E-state index in [9.17, 15) is 19.2 Å². The Morgan fingerprint density at radius 2 is 1.77 bits per heavy atom. The monoisotopic (exact) mass is 429 g/mol. The quantitative estimate of drug-likeness (QED) is 0.633. The Labute approximate surface area is 182 Å². The third-order valence-corrected chi connectivity index (χ3v) is 6.25. The van der Waals surface area contributed by atoms with E-state index in [1.54, 1.807) is 4.90 Å². The number of piperidine rings is 2. The van der Waals surface area contributed by atoms with E-state index in [2.05, 4.69) is 22.3 Å². The Morgan fingerprint density at radius 1 is 1.13 bits per heavy atom. The van der Waals surface area contributed by atoms with Gasteiger partial charge in [0.15, 0.2) is 11.7 Å². The van der Waals surface area contributed by atoms with E-state index in [1.165, 1.54) is 5.56 Å². The third kappa shape index (κ3) is 5.70. The molecule has 0 spiro atoms. The highest BCUT2D eigenvalue weighted by molar-refractivity contribution is 6.20. The number of nitrogens with zero attached hydrogens (tertiary/aromatic N) is 2. The smallest absolute Gasteiger partial charge is 0.322 e. The van der Waals surface area contributed by atoms with Gasteiger partial charge in [-0.3, -0.25) is 24.1 Å². The molecule has 1 atom stereocenters. The number of ketones is 1. The lowest BCUT2D eigenvalue weighted by atomic mass is 9.81. The van der Waals surface area contributed by atoms with Crippen molar-refractivity contribution in [3.63, 3.8) is 0 Å². The summed E-state index contributed by atoms with van der Waals surface area (Å²) < 4.78 is 0. The molecule has 2 amide bonds. The number of rotatable bonds is 7. The van der Waals surface area contributed by atoms with Crippen LogP contribution < -0.4 is 5.32 Å². The Hall–Kier alpha value is -2.74. The molecule has 2 heterocycles. The standard InChI is InChI=1S/C23H31N3O5/c1-23(2)12-18(27)20(21(30)24-13-19(28)29)22(31)26(23)15-17-8-10-25(11-9-17)14-16-6-4-3-5-7-16/h3-7,17,20H,8-15H2,1-2H3,(H,24,30)(H,28,29). The first kappa shape index (κ1) is 22.9. The maximum atomic E-state index is 13.1. The number of carboxylic acids is 1. The fourth-order valence-electron chi connectivity index (χ4n) is 4.50. The number of amides is 2. The molecule has 3 rings (SSSR count). The van der Waals surface area contributed by atoms with Crippen LogP contribution in [0.2, 0.25) is 0 Å². The summed E-state index contributed by atoms with van der Waals surface area (Å²) >= 11 is 0. The molecule has 0 saturated carbocycles. The van der Waals surface area contributed by atoms with E-state index in [-0.39, 0.29) is 6.42 Å². The number of carbonyl (C=O) groups is 4. The van der Waals surface area contributed by atoms with E-state index in [0.717, 1.165) is 32.5 Å². The van der Waals surface area contributed by atoms with Gasteiger partial charge in [-0.25, -0.2) is 0 Å². The van der Waals surface area contributed by atoms with E-state index in [1.807, 2.05) is 32.0 Å². The van der Waals surface area contributed by atoms with Crippen molar-refractivity contribution in [3.05, 3.63) is 35.9 Å². The normalized spacial score (nSPS) is 22.4. The van der Waals surface area contributed by atoms with Crippen molar-refractivity contribution >= 4 is 23.6 Å². The predicted octanol–water partition coefficient (Wildman–Crippen LogP) is 1.30. The lowest BCUT2D eigenvalue weighted by Crippen LogP contribution is -2.62. The Kier molecular flexibility index (Phi) is 7.10. The van der Waals surface area contributed by atoms with E-state index >= 15 is 0 Å². The van der Waals surface area contributed by atoms with Gasteiger partial charge in [-0.05, 0) is 51.3 Å². The zero-order valence-electron chi connectivity index (χ0n) is 18.2. The topological polar surface area (TPSA) is 107 Å². The summed E-state index contributed by atoms with van der Waals surface area (Å²) in [7, 11) is 0. The zero-order valence-corrected chi connectivity index (χ0v) is 18.2. The average Bonchev–Trinajstić information content (AvgIpc) is 2.71. The number of Topliss-reactive ketones (excluding diaryl/α,β-unsaturated/α-hetero) is 1. The molecule has 0 bridgehead atoms. The van der Waals surface area contributed by atoms with Crippen molar-refractivity contribution in [2.24, 2.45) is 11.8 Å². The van der Waals surface area contributed by atoms with E-state index in [4.69, 9.17) is 5.11 Å². The third-order valence-electron chi connectivity index (χ3n) is 6.25. The highest BCUT2D eigenvalue weighted by atomic mass is 16.4. The van der Waals surface area contributed by atoms with Crippen molar-refractivity contribution < 1.29 is 24.3 Å². The molecule has 31 heavy (non-hydrogen) atoms. The van der Waals surface area contributed by atoms with Crippen molar-refractivity contribution in [1.29, 1.82) is 0 Å². The summed E-state index contributed by atoms with van der Waals surface area (Å²) in [6, 6.07) is 10.3. The second-order valence-electron chi connectivity index (χ2n) is 9.15. The van der Waals surface area contributed by atoms with Gasteiger partial charge in [0.1, 0.15) is 6.54 Å². The van der Waals surface area contributed by atoms with Crippen LogP contribution in [-0.2, 0) is 25.7 Å². The highest BCUT2D eigenvalue weighted by Gasteiger charge is 2.49. The van der Waals surface area contributed by atoms with Crippen LogP contribution in [0.15, 0.2) is 30.3 Å². The minimum atomic E-state index is -1.45. The molecule has 2 aliphatic heterocycles. The van der Waals surface area contributed by atoms with Crippen molar-refractivity contribution in [2.75, 3.05) is 26.2 Å². The van der Waals surface area contributed by atoms with Crippen LogP contribution in [-0.4, -0.2) is 70.2 Å². The van der Waals surface area contributed by atoms with Gasteiger partial charge in [-0.2, -0.15) is 0 Å². The van der Waals surface area contributed by atoms with Gasteiger partial charge >= 0.3 is 5.97 Å². The van der Waals surface area contributed by atoms with Crippen LogP contribution in [0.25, 0.3) is 0 Å².